The van der Waals surface area contributed by atoms with Crippen LogP contribution in [0.25, 0.3) is 16.6 Å². The van der Waals surface area contributed by atoms with Crippen molar-refractivity contribution < 1.29 is 9.90 Å². The molecule has 0 bridgehead atoms. The quantitative estimate of drug-likeness (QED) is 0.904. The molecule has 2 aromatic rings. The predicted molar refractivity (Wildman–Crippen MR) is 104 cm³/mol. The minimum atomic E-state index is -0.797. The first-order chi connectivity index (χ1) is 12.2. The minimum absolute atomic E-state index is 0.00759. The summed E-state index contributed by atoms with van der Waals surface area (Å²) in [7, 11) is 1.80. The highest BCUT2D eigenvalue weighted by molar-refractivity contribution is 5.85. The van der Waals surface area contributed by atoms with Gasteiger partial charge in [0.05, 0.1) is 17.5 Å². The first-order valence-electron chi connectivity index (χ1n) is 8.97. The normalized spacial score (nSPS) is 15.1. The van der Waals surface area contributed by atoms with E-state index in [-0.39, 0.29) is 17.5 Å². The van der Waals surface area contributed by atoms with Crippen LogP contribution in [-0.4, -0.2) is 20.2 Å². The van der Waals surface area contributed by atoms with Crippen LogP contribution in [0.15, 0.2) is 40.7 Å². The lowest BCUT2D eigenvalue weighted by atomic mass is 9.93. The van der Waals surface area contributed by atoms with Gasteiger partial charge >= 0.3 is 11.7 Å². The summed E-state index contributed by atoms with van der Waals surface area (Å²) in [5.74, 6) is -0.797. The van der Waals surface area contributed by atoms with E-state index in [4.69, 9.17) is 5.11 Å². The summed E-state index contributed by atoms with van der Waals surface area (Å²) in [6, 6.07) is 6.05. The molecule has 1 heterocycles. The third kappa shape index (κ3) is 3.66. The fraction of sp³-hybridized carbons (Fsp3) is 0.429. The summed E-state index contributed by atoms with van der Waals surface area (Å²) in [6.07, 6.45) is 5.83. The Labute approximate surface area is 153 Å². The van der Waals surface area contributed by atoms with E-state index in [1.807, 2.05) is 28.8 Å². The SMILES string of the molecule is Cn1c(=O)n(CC(C)(C)C)c2ccc(C3=CCCC(CC(=O)O)=C3)cc21. The lowest BCUT2D eigenvalue weighted by molar-refractivity contribution is -0.136. The summed E-state index contributed by atoms with van der Waals surface area (Å²) in [5, 5.41) is 9.03. The van der Waals surface area contributed by atoms with Crippen molar-refractivity contribution in [3.05, 3.63) is 52.0 Å². The number of imidazole rings is 1. The van der Waals surface area contributed by atoms with E-state index >= 15 is 0 Å². The van der Waals surface area contributed by atoms with Crippen molar-refractivity contribution in [2.45, 2.75) is 46.6 Å². The van der Waals surface area contributed by atoms with Crippen molar-refractivity contribution in [1.29, 1.82) is 0 Å². The maximum Gasteiger partial charge on any atom is 0.328 e. The lowest BCUT2D eigenvalue weighted by Gasteiger charge is -2.18. The third-order valence-corrected chi connectivity index (χ3v) is 4.68. The first kappa shape index (κ1) is 18.2. The highest BCUT2D eigenvalue weighted by Crippen LogP contribution is 2.29. The number of carboxylic acid groups (broad SMARTS) is 1. The number of rotatable bonds is 4. The van der Waals surface area contributed by atoms with Gasteiger partial charge in [0.15, 0.2) is 0 Å². The van der Waals surface area contributed by atoms with E-state index in [0.717, 1.165) is 40.6 Å². The molecule has 0 radical (unpaired) electrons. The molecule has 138 valence electrons. The maximum atomic E-state index is 12.7. The van der Waals surface area contributed by atoms with Crippen LogP contribution in [0.2, 0.25) is 0 Å². The monoisotopic (exact) mass is 354 g/mol. The molecule has 0 aliphatic heterocycles. The van der Waals surface area contributed by atoms with E-state index in [0.29, 0.717) is 6.54 Å². The van der Waals surface area contributed by atoms with Crippen LogP contribution in [0.5, 0.6) is 0 Å². The molecule has 1 aromatic heterocycles. The van der Waals surface area contributed by atoms with Crippen LogP contribution in [-0.2, 0) is 18.4 Å². The van der Waals surface area contributed by atoms with Crippen molar-refractivity contribution in [3.63, 3.8) is 0 Å². The number of allylic oxidation sites excluding steroid dienone is 3. The molecule has 0 fully saturated rings. The fourth-order valence-corrected chi connectivity index (χ4v) is 3.51. The molecular formula is C21H26N2O3. The zero-order chi connectivity index (χ0) is 19.1. The van der Waals surface area contributed by atoms with Gasteiger partial charge in [0, 0.05) is 13.6 Å². The minimum Gasteiger partial charge on any atom is -0.481 e. The van der Waals surface area contributed by atoms with Gasteiger partial charge in [-0.1, -0.05) is 44.6 Å². The lowest BCUT2D eigenvalue weighted by Crippen LogP contribution is -2.27. The second-order valence-electron chi connectivity index (χ2n) is 8.26. The highest BCUT2D eigenvalue weighted by Gasteiger charge is 2.18. The molecule has 1 N–H and O–H groups in total. The van der Waals surface area contributed by atoms with Crippen LogP contribution in [0.1, 0.15) is 45.6 Å². The topological polar surface area (TPSA) is 64.2 Å². The van der Waals surface area contributed by atoms with Crippen LogP contribution < -0.4 is 5.69 Å². The molecule has 0 saturated heterocycles. The number of carboxylic acids is 1. The standard InChI is InChI=1S/C21H26N2O3/c1-21(2,3)13-23-17-9-8-16(12-18(17)22(4)20(23)26)15-7-5-6-14(10-15)11-19(24)25/h7-10,12H,5-6,11,13H2,1-4H3,(H,24,25). The van der Waals surface area contributed by atoms with Crippen molar-refractivity contribution in [1.82, 2.24) is 9.13 Å². The van der Waals surface area contributed by atoms with Gasteiger partial charge in [0.25, 0.3) is 0 Å². The van der Waals surface area contributed by atoms with Crippen molar-refractivity contribution in [3.8, 4) is 0 Å². The molecule has 1 aromatic carbocycles. The van der Waals surface area contributed by atoms with E-state index in [9.17, 15) is 9.59 Å². The van der Waals surface area contributed by atoms with Crippen LogP contribution in [0, 0.1) is 5.41 Å². The number of carbonyl (C=O) groups is 1. The van der Waals surface area contributed by atoms with Crippen LogP contribution in [0.3, 0.4) is 0 Å². The van der Waals surface area contributed by atoms with E-state index in [1.165, 1.54) is 0 Å². The smallest absolute Gasteiger partial charge is 0.328 e. The predicted octanol–water partition coefficient (Wildman–Crippen LogP) is 3.96. The number of fused-ring (bicyclic) bond motifs is 1. The van der Waals surface area contributed by atoms with Crippen LogP contribution >= 0.6 is 0 Å². The largest absolute Gasteiger partial charge is 0.481 e. The van der Waals surface area contributed by atoms with Crippen molar-refractivity contribution in [2.75, 3.05) is 0 Å². The first-order valence-corrected chi connectivity index (χ1v) is 8.97. The van der Waals surface area contributed by atoms with E-state index in [1.54, 1.807) is 11.6 Å². The molecule has 0 atom stereocenters. The second kappa shape index (κ2) is 6.63. The number of aliphatic carboxylic acids is 1. The van der Waals surface area contributed by atoms with Crippen LogP contribution in [0.4, 0.5) is 0 Å². The summed E-state index contributed by atoms with van der Waals surface area (Å²) in [6.45, 7) is 7.02. The molecular weight excluding hydrogens is 328 g/mol. The molecule has 0 spiro atoms. The maximum absolute atomic E-state index is 12.7. The van der Waals surface area contributed by atoms with Gasteiger partial charge in [-0.05, 0) is 41.5 Å². The van der Waals surface area contributed by atoms with Gasteiger partial charge in [-0.2, -0.15) is 0 Å². The summed E-state index contributed by atoms with van der Waals surface area (Å²) in [4.78, 5) is 23.6. The molecule has 1 aliphatic carbocycles. The summed E-state index contributed by atoms with van der Waals surface area (Å²) >= 11 is 0. The molecule has 26 heavy (non-hydrogen) atoms. The van der Waals surface area contributed by atoms with E-state index < -0.39 is 5.97 Å². The van der Waals surface area contributed by atoms with Gasteiger partial charge in [0.1, 0.15) is 0 Å². The highest BCUT2D eigenvalue weighted by atomic mass is 16.4. The Morgan fingerprint density at radius 1 is 1.23 bits per heavy atom. The van der Waals surface area contributed by atoms with Gasteiger partial charge in [-0.3, -0.25) is 13.9 Å². The Morgan fingerprint density at radius 3 is 2.62 bits per heavy atom. The molecule has 0 unspecified atom stereocenters. The molecule has 0 saturated carbocycles. The molecule has 3 rings (SSSR count). The number of hydrogen-bond donors (Lipinski definition) is 1. The second-order valence-corrected chi connectivity index (χ2v) is 8.26. The number of aromatic nitrogens is 2. The molecule has 5 nitrogen and oxygen atoms in total. The number of hydrogen-bond acceptors (Lipinski definition) is 2. The third-order valence-electron chi connectivity index (χ3n) is 4.68. The van der Waals surface area contributed by atoms with Crippen molar-refractivity contribution >= 4 is 22.6 Å². The average Bonchev–Trinajstić information content (AvgIpc) is 2.78. The summed E-state index contributed by atoms with van der Waals surface area (Å²) < 4.78 is 3.52. The van der Waals surface area contributed by atoms with Gasteiger partial charge < -0.3 is 5.11 Å². The number of benzene rings is 1. The number of nitrogens with zero attached hydrogens (tertiary/aromatic N) is 2. The van der Waals surface area contributed by atoms with E-state index in [2.05, 4.69) is 26.8 Å². The Balaban J connectivity index is 2.04. The number of aryl methyl sites for hydroxylation is 1. The Morgan fingerprint density at radius 2 is 1.96 bits per heavy atom. The van der Waals surface area contributed by atoms with Gasteiger partial charge in [-0.15, -0.1) is 0 Å². The van der Waals surface area contributed by atoms with Gasteiger partial charge in [-0.25, -0.2) is 4.79 Å². The Hall–Kier alpha value is -2.56. The fourth-order valence-electron chi connectivity index (χ4n) is 3.51. The average molecular weight is 354 g/mol. The van der Waals surface area contributed by atoms with Gasteiger partial charge in [0.2, 0.25) is 0 Å². The summed E-state index contributed by atoms with van der Waals surface area (Å²) in [5.41, 5.74) is 4.82. The zero-order valence-corrected chi connectivity index (χ0v) is 15.9. The molecule has 0 amide bonds. The van der Waals surface area contributed by atoms with Crippen molar-refractivity contribution in [2.24, 2.45) is 12.5 Å². The Bertz CT molecular complexity index is 981. The Kier molecular flexibility index (Phi) is 4.65. The zero-order valence-electron chi connectivity index (χ0n) is 15.9. The molecule has 1 aliphatic rings. The molecule has 5 heteroatoms.